The number of rotatable bonds is 2. The third-order valence-electron chi connectivity index (χ3n) is 4.65. The minimum absolute atomic E-state index is 0.203. The van der Waals surface area contributed by atoms with Crippen LogP contribution >= 0.6 is 0 Å². The average molecular weight is 276 g/mol. The minimum atomic E-state index is -0.203. The van der Waals surface area contributed by atoms with E-state index in [4.69, 9.17) is 0 Å². The van der Waals surface area contributed by atoms with Crippen molar-refractivity contribution in [3.05, 3.63) is 21.7 Å². The molecule has 1 fully saturated rings. The Morgan fingerprint density at radius 1 is 1.30 bits per heavy atom. The second-order valence-corrected chi connectivity index (χ2v) is 5.88. The summed E-state index contributed by atoms with van der Waals surface area (Å²) in [6.07, 6.45) is 5.64. The van der Waals surface area contributed by atoms with E-state index in [1.54, 1.807) is 0 Å². The first-order valence-electron chi connectivity index (χ1n) is 7.87. The third kappa shape index (κ3) is 2.73. The molecule has 1 aromatic heterocycles. The van der Waals surface area contributed by atoms with Gasteiger partial charge in [0.25, 0.3) is 0 Å². The van der Waals surface area contributed by atoms with Crippen LogP contribution in [0, 0.1) is 0 Å². The predicted molar refractivity (Wildman–Crippen MR) is 80.4 cm³/mol. The van der Waals surface area contributed by atoms with Gasteiger partial charge in [-0.3, -0.25) is 0 Å². The number of nitrogens with one attached hydrogen (secondary N) is 2. The third-order valence-corrected chi connectivity index (χ3v) is 4.65. The molecule has 110 valence electrons. The Hall–Kier alpha value is -1.36. The molecule has 0 unspecified atom stereocenters. The number of fused-ring (bicyclic) bond motifs is 1. The van der Waals surface area contributed by atoms with Crippen LogP contribution in [0.5, 0.6) is 0 Å². The number of likely N-dealkylation sites (tertiary alicyclic amines) is 1. The number of nitrogens with zero attached hydrogens (tertiary/aromatic N) is 2. The van der Waals surface area contributed by atoms with Gasteiger partial charge in [-0.15, -0.1) is 0 Å². The van der Waals surface area contributed by atoms with Crippen molar-refractivity contribution in [2.24, 2.45) is 0 Å². The van der Waals surface area contributed by atoms with E-state index >= 15 is 0 Å². The van der Waals surface area contributed by atoms with Gasteiger partial charge in [0, 0.05) is 23.7 Å². The van der Waals surface area contributed by atoms with Gasteiger partial charge < -0.3 is 15.2 Å². The van der Waals surface area contributed by atoms with Crippen LogP contribution in [0.1, 0.15) is 49.8 Å². The van der Waals surface area contributed by atoms with Crippen LogP contribution in [0.3, 0.4) is 0 Å². The number of H-pyrrole nitrogens is 1. The van der Waals surface area contributed by atoms with E-state index in [0.29, 0.717) is 5.92 Å². The van der Waals surface area contributed by atoms with Gasteiger partial charge in [0.05, 0.1) is 0 Å². The molecule has 1 saturated heterocycles. The fourth-order valence-electron chi connectivity index (χ4n) is 3.43. The van der Waals surface area contributed by atoms with Crippen molar-refractivity contribution >= 4 is 5.82 Å². The molecule has 3 rings (SSSR count). The SMILES string of the molecule is CCN1CCC(c2[nH]c(=O)nc3c2CCCCN3)CC1. The Kier molecular flexibility index (Phi) is 4.05. The van der Waals surface area contributed by atoms with Gasteiger partial charge in [-0.05, 0) is 51.7 Å². The Morgan fingerprint density at radius 3 is 2.85 bits per heavy atom. The van der Waals surface area contributed by atoms with Gasteiger partial charge in [0.15, 0.2) is 0 Å². The first-order valence-corrected chi connectivity index (χ1v) is 7.87. The fourth-order valence-corrected chi connectivity index (χ4v) is 3.43. The van der Waals surface area contributed by atoms with Crippen LogP contribution in [-0.2, 0) is 6.42 Å². The molecule has 1 aromatic rings. The molecule has 0 amide bonds. The number of piperidine rings is 1. The largest absolute Gasteiger partial charge is 0.370 e. The Bertz CT molecular complexity index is 517. The molecular formula is C15H24N4O. The van der Waals surface area contributed by atoms with Gasteiger partial charge in [-0.25, -0.2) is 4.79 Å². The monoisotopic (exact) mass is 276 g/mol. The molecule has 0 aromatic carbocycles. The Labute approximate surface area is 119 Å². The summed E-state index contributed by atoms with van der Waals surface area (Å²) in [5, 5.41) is 3.32. The lowest BCUT2D eigenvalue weighted by molar-refractivity contribution is 0.220. The number of hydrogen-bond acceptors (Lipinski definition) is 4. The maximum absolute atomic E-state index is 11.8. The topological polar surface area (TPSA) is 61.0 Å². The summed E-state index contributed by atoms with van der Waals surface area (Å²) < 4.78 is 0. The molecule has 0 bridgehead atoms. The van der Waals surface area contributed by atoms with Crippen molar-refractivity contribution in [1.82, 2.24) is 14.9 Å². The number of hydrogen-bond donors (Lipinski definition) is 2. The smallest absolute Gasteiger partial charge is 0.347 e. The van der Waals surface area contributed by atoms with Gasteiger partial charge in [0.2, 0.25) is 0 Å². The zero-order valence-electron chi connectivity index (χ0n) is 12.2. The molecular weight excluding hydrogens is 252 g/mol. The predicted octanol–water partition coefficient (Wildman–Crippen LogP) is 1.72. The second-order valence-electron chi connectivity index (χ2n) is 5.88. The van der Waals surface area contributed by atoms with Gasteiger partial charge >= 0.3 is 5.69 Å². The second kappa shape index (κ2) is 5.95. The van der Waals surface area contributed by atoms with Crippen molar-refractivity contribution in [1.29, 1.82) is 0 Å². The van der Waals surface area contributed by atoms with E-state index in [1.165, 1.54) is 12.0 Å². The van der Waals surface area contributed by atoms with E-state index < -0.39 is 0 Å². The summed E-state index contributed by atoms with van der Waals surface area (Å²) in [6.45, 7) is 6.53. The lowest BCUT2D eigenvalue weighted by Gasteiger charge is -2.32. The number of aromatic amines is 1. The maximum Gasteiger partial charge on any atom is 0.347 e. The Morgan fingerprint density at radius 2 is 2.10 bits per heavy atom. The van der Waals surface area contributed by atoms with Crippen molar-refractivity contribution < 1.29 is 0 Å². The van der Waals surface area contributed by atoms with Crippen molar-refractivity contribution in [2.75, 3.05) is 31.5 Å². The quantitative estimate of drug-likeness (QED) is 0.863. The summed E-state index contributed by atoms with van der Waals surface area (Å²) in [6, 6.07) is 0. The zero-order chi connectivity index (χ0) is 13.9. The van der Waals surface area contributed by atoms with Gasteiger partial charge in [0.1, 0.15) is 5.82 Å². The molecule has 0 aliphatic carbocycles. The first-order chi connectivity index (χ1) is 9.78. The van der Waals surface area contributed by atoms with Crippen molar-refractivity contribution in [2.45, 2.75) is 44.9 Å². The highest BCUT2D eigenvalue weighted by atomic mass is 16.1. The first kappa shape index (κ1) is 13.6. The number of anilines is 1. The van der Waals surface area contributed by atoms with Crippen LogP contribution in [0.15, 0.2) is 4.79 Å². The van der Waals surface area contributed by atoms with Crippen molar-refractivity contribution in [3.8, 4) is 0 Å². The van der Waals surface area contributed by atoms with Crippen LogP contribution in [0.4, 0.5) is 5.82 Å². The molecule has 20 heavy (non-hydrogen) atoms. The highest BCUT2D eigenvalue weighted by Crippen LogP contribution is 2.32. The lowest BCUT2D eigenvalue weighted by atomic mass is 9.89. The van der Waals surface area contributed by atoms with Crippen LogP contribution < -0.4 is 11.0 Å². The van der Waals surface area contributed by atoms with E-state index in [9.17, 15) is 4.79 Å². The molecule has 3 heterocycles. The highest BCUT2D eigenvalue weighted by molar-refractivity contribution is 5.48. The fraction of sp³-hybridized carbons (Fsp3) is 0.733. The minimum Gasteiger partial charge on any atom is -0.370 e. The van der Waals surface area contributed by atoms with Crippen LogP contribution in [-0.4, -0.2) is 41.0 Å². The maximum atomic E-state index is 11.8. The molecule has 0 saturated carbocycles. The molecule has 0 radical (unpaired) electrons. The van der Waals surface area contributed by atoms with E-state index in [2.05, 4.69) is 27.1 Å². The van der Waals surface area contributed by atoms with Crippen LogP contribution in [0.2, 0.25) is 0 Å². The van der Waals surface area contributed by atoms with E-state index in [0.717, 1.165) is 63.4 Å². The zero-order valence-corrected chi connectivity index (χ0v) is 12.2. The molecule has 5 nitrogen and oxygen atoms in total. The summed E-state index contributed by atoms with van der Waals surface area (Å²) >= 11 is 0. The molecule has 0 spiro atoms. The standard InChI is InChI=1S/C15H24N4O/c1-2-19-9-6-11(7-10-19)13-12-5-3-4-8-16-14(12)18-15(20)17-13/h11H,2-10H2,1H3,(H2,16,17,18,20). The Balaban J connectivity index is 1.89. The molecule has 5 heteroatoms. The summed E-state index contributed by atoms with van der Waals surface area (Å²) in [4.78, 5) is 21.5. The number of aromatic nitrogens is 2. The normalized spacial score (nSPS) is 21.1. The average Bonchev–Trinajstić information content (AvgIpc) is 2.71. The van der Waals surface area contributed by atoms with Crippen molar-refractivity contribution in [3.63, 3.8) is 0 Å². The van der Waals surface area contributed by atoms with Crippen LogP contribution in [0.25, 0.3) is 0 Å². The highest BCUT2D eigenvalue weighted by Gasteiger charge is 2.25. The molecule has 0 atom stereocenters. The van der Waals surface area contributed by atoms with E-state index in [1.807, 2.05) is 0 Å². The summed E-state index contributed by atoms with van der Waals surface area (Å²) in [7, 11) is 0. The van der Waals surface area contributed by atoms with E-state index in [-0.39, 0.29) is 5.69 Å². The summed E-state index contributed by atoms with van der Waals surface area (Å²) in [5.41, 5.74) is 2.22. The van der Waals surface area contributed by atoms with Gasteiger partial charge in [-0.2, -0.15) is 4.98 Å². The molecule has 2 aliphatic heterocycles. The lowest BCUT2D eigenvalue weighted by Crippen LogP contribution is -2.34. The van der Waals surface area contributed by atoms with Gasteiger partial charge in [-0.1, -0.05) is 6.92 Å². The molecule has 2 aliphatic rings. The molecule has 2 N–H and O–H groups in total. The summed E-state index contributed by atoms with van der Waals surface area (Å²) in [5.74, 6) is 1.32.